The zero-order chi connectivity index (χ0) is 18.5. The summed E-state index contributed by atoms with van der Waals surface area (Å²) in [5.41, 5.74) is 1.98. The van der Waals surface area contributed by atoms with Gasteiger partial charge in [0.05, 0.1) is 16.8 Å². The molecule has 0 fully saturated rings. The van der Waals surface area contributed by atoms with Crippen LogP contribution in [0.4, 0.5) is 4.39 Å². The lowest BCUT2D eigenvalue weighted by Gasteiger charge is -2.10. The number of carbonyl (C=O) groups is 1. The molecule has 0 atom stereocenters. The van der Waals surface area contributed by atoms with Crippen LogP contribution in [0, 0.1) is 5.82 Å². The molecule has 134 valence electrons. The highest BCUT2D eigenvalue weighted by molar-refractivity contribution is 7.99. The molecule has 3 aromatic rings. The van der Waals surface area contributed by atoms with Gasteiger partial charge in [0.15, 0.2) is 5.03 Å². The molecule has 2 aromatic carbocycles. The van der Waals surface area contributed by atoms with Gasteiger partial charge in [-0.2, -0.15) is 0 Å². The van der Waals surface area contributed by atoms with Crippen LogP contribution in [0.3, 0.4) is 0 Å². The van der Waals surface area contributed by atoms with Crippen molar-refractivity contribution in [2.75, 3.05) is 5.75 Å². The van der Waals surface area contributed by atoms with Crippen LogP contribution in [-0.4, -0.2) is 21.2 Å². The largest absolute Gasteiger partial charge is 0.351 e. The molecule has 0 aliphatic carbocycles. The lowest BCUT2D eigenvalue weighted by Crippen LogP contribution is -2.26. The van der Waals surface area contributed by atoms with Crippen LogP contribution in [0.15, 0.2) is 58.4 Å². The second kappa shape index (κ2) is 8.14. The summed E-state index contributed by atoms with van der Waals surface area (Å²) in [6.07, 6.45) is 0. The number of nitrogens with zero attached hydrogens (tertiary/aromatic N) is 2. The van der Waals surface area contributed by atoms with Crippen molar-refractivity contribution in [3.05, 3.63) is 70.3 Å². The summed E-state index contributed by atoms with van der Waals surface area (Å²) in [4.78, 5) is 29.0. The van der Waals surface area contributed by atoms with Gasteiger partial charge in [0.25, 0.3) is 5.56 Å². The van der Waals surface area contributed by atoms with Crippen LogP contribution < -0.4 is 10.9 Å². The fourth-order valence-electron chi connectivity index (χ4n) is 2.61. The standard InChI is InChI=1S/C19H18FN3O2S/c1-2-23-16-9-4-3-8-15(16)22-18(19(23)25)26-12-17(24)21-11-13-6-5-7-14(20)10-13/h3-10H,2,11-12H2,1H3,(H,21,24). The third kappa shape index (κ3) is 4.11. The Morgan fingerprint density at radius 3 is 2.81 bits per heavy atom. The number of aryl methyl sites for hydroxylation is 1. The van der Waals surface area contributed by atoms with E-state index in [1.165, 1.54) is 12.1 Å². The highest BCUT2D eigenvalue weighted by Gasteiger charge is 2.12. The van der Waals surface area contributed by atoms with Crippen molar-refractivity contribution in [1.29, 1.82) is 0 Å². The number of nitrogens with one attached hydrogen (secondary N) is 1. The average Bonchev–Trinajstić information content (AvgIpc) is 2.65. The highest BCUT2D eigenvalue weighted by atomic mass is 32.2. The van der Waals surface area contributed by atoms with Gasteiger partial charge in [-0.1, -0.05) is 36.0 Å². The Labute approximate surface area is 154 Å². The number of thioether (sulfide) groups is 1. The van der Waals surface area contributed by atoms with Gasteiger partial charge in [-0.05, 0) is 36.8 Å². The molecule has 7 heteroatoms. The first-order chi connectivity index (χ1) is 12.6. The number of carbonyl (C=O) groups excluding carboxylic acids is 1. The predicted molar refractivity (Wildman–Crippen MR) is 101 cm³/mol. The second-order valence-corrected chi connectivity index (χ2v) is 6.61. The second-order valence-electron chi connectivity index (χ2n) is 5.65. The van der Waals surface area contributed by atoms with Crippen molar-refractivity contribution in [2.45, 2.75) is 25.0 Å². The van der Waals surface area contributed by atoms with Gasteiger partial charge in [-0.15, -0.1) is 0 Å². The normalized spacial score (nSPS) is 10.8. The maximum Gasteiger partial charge on any atom is 0.283 e. The molecule has 26 heavy (non-hydrogen) atoms. The van der Waals surface area contributed by atoms with Crippen molar-refractivity contribution in [3.8, 4) is 0 Å². The molecular formula is C19H18FN3O2S. The number of hydrogen-bond acceptors (Lipinski definition) is 4. The molecule has 5 nitrogen and oxygen atoms in total. The number of para-hydroxylation sites is 2. The van der Waals surface area contributed by atoms with Crippen molar-refractivity contribution >= 4 is 28.7 Å². The van der Waals surface area contributed by atoms with Crippen molar-refractivity contribution in [1.82, 2.24) is 14.9 Å². The van der Waals surface area contributed by atoms with Crippen LogP contribution in [0.2, 0.25) is 0 Å². The lowest BCUT2D eigenvalue weighted by atomic mass is 10.2. The zero-order valence-electron chi connectivity index (χ0n) is 14.2. The fourth-order valence-corrected chi connectivity index (χ4v) is 3.38. The Morgan fingerprint density at radius 1 is 1.23 bits per heavy atom. The SMILES string of the molecule is CCn1c(=O)c(SCC(=O)NCc2cccc(F)c2)nc2ccccc21. The van der Waals surface area contributed by atoms with E-state index in [2.05, 4.69) is 10.3 Å². The third-order valence-electron chi connectivity index (χ3n) is 3.86. The maximum atomic E-state index is 13.1. The number of benzene rings is 2. The Balaban J connectivity index is 1.68. The van der Waals surface area contributed by atoms with E-state index in [9.17, 15) is 14.0 Å². The summed E-state index contributed by atoms with van der Waals surface area (Å²) < 4.78 is 14.8. The third-order valence-corrected chi connectivity index (χ3v) is 4.80. The van der Waals surface area contributed by atoms with Gasteiger partial charge in [0.1, 0.15) is 5.82 Å². The minimum atomic E-state index is -0.341. The summed E-state index contributed by atoms with van der Waals surface area (Å²) >= 11 is 1.11. The quantitative estimate of drug-likeness (QED) is 0.677. The van der Waals surface area contributed by atoms with Crippen LogP contribution in [0.1, 0.15) is 12.5 Å². The first kappa shape index (κ1) is 18.1. The first-order valence-corrected chi connectivity index (χ1v) is 9.20. The Hall–Kier alpha value is -2.67. The van der Waals surface area contributed by atoms with Gasteiger partial charge >= 0.3 is 0 Å². The highest BCUT2D eigenvalue weighted by Crippen LogP contribution is 2.16. The first-order valence-electron chi connectivity index (χ1n) is 8.22. The van der Waals surface area contributed by atoms with Crippen molar-refractivity contribution < 1.29 is 9.18 Å². The van der Waals surface area contributed by atoms with Crippen LogP contribution in [0.5, 0.6) is 0 Å². The minimum absolute atomic E-state index is 0.0691. The van der Waals surface area contributed by atoms with E-state index in [0.29, 0.717) is 17.1 Å². The van der Waals surface area contributed by atoms with Gasteiger partial charge < -0.3 is 9.88 Å². The van der Waals surface area contributed by atoms with Crippen molar-refractivity contribution in [2.24, 2.45) is 0 Å². The molecule has 0 saturated carbocycles. The summed E-state index contributed by atoms with van der Waals surface area (Å²) in [6, 6.07) is 13.5. The molecule has 1 amide bonds. The molecule has 1 N–H and O–H groups in total. The Kier molecular flexibility index (Phi) is 5.68. The predicted octanol–water partition coefficient (Wildman–Crippen LogP) is 2.96. The van der Waals surface area contributed by atoms with Gasteiger partial charge in [-0.25, -0.2) is 9.37 Å². The lowest BCUT2D eigenvalue weighted by molar-refractivity contribution is -0.118. The summed E-state index contributed by atoms with van der Waals surface area (Å²) in [5, 5.41) is 3.02. The van der Waals surface area contributed by atoms with E-state index in [0.717, 1.165) is 22.8 Å². The molecule has 0 unspecified atom stereocenters. The van der Waals surface area contributed by atoms with Crippen LogP contribution >= 0.6 is 11.8 Å². The summed E-state index contributed by atoms with van der Waals surface area (Å²) in [7, 11) is 0. The number of halogens is 1. The molecule has 0 bridgehead atoms. The summed E-state index contributed by atoms with van der Waals surface area (Å²) in [6.45, 7) is 2.66. The molecule has 1 heterocycles. The number of hydrogen-bond donors (Lipinski definition) is 1. The molecule has 0 radical (unpaired) electrons. The van der Waals surface area contributed by atoms with Gasteiger partial charge in [0.2, 0.25) is 5.91 Å². The monoisotopic (exact) mass is 371 g/mol. The van der Waals surface area contributed by atoms with Gasteiger partial charge in [-0.3, -0.25) is 9.59 Å². The number of amides is 1. The topological polar surface area (TPSA) is 64.0 Å². The zero-order valence-corrected chi connectivity index (χ0v) is 15.1. The molecular weight excluding hydrogens is 353 g/mol. The molecule has 3 rings (SSSR count). The van der Waals surface area contributed by atoms with E-state index in [-0.39, 0.29) is 29.6 Å². The van der Waals surface area contributed by atoms with E-state index in [4.69, 9.17) is 0 Å². The number of aromatic nitrogens is 2. The van der Waals surface area contributed by atoms with E-state index in [1.54, 1.807) is 16.7 Å². The molecule has 0 saturated heterocycles. The minimum Gasteiger partial charge on any atom is -0.351 e. The Bertz CT molecular complexity index is 1000. The molecule has 0 aliphatic heterocycles. The fraction of sp³-hybridized carbons (Fsp3) is 0.211. The number of rotatable bonds is 6. The van der Waals surface area contributed by atoms with Crippen molar-refractivity contribution in [3.63, 3.8) is 0 Å². The van der Waals surface area contributed by atoms with Crippen LogP contribution in [-0.2, 0) is 17.9 Å². The Morgan fingerprint density at radius 2 is 2.04 bits per heavy atom. The molecule has 0 spiro atoms. The number of fused-ring (bicyclic) bond motifs is 1. The molecule has 1 aromatic heterocycles. The smallest absolute Gasteiger partial charge is 0.283 e. The van der Waals surface area contributed by atoms with Crippen LogP contribution in [0.25, 0.3) is 11.0 Å². The summed E-state index contributed by atoms with van der Waals surface area (Å²) in [5.74, 6) is -0.511. The van der Waals surface area contributed by atoms with E-state index >= 15 is 0 Å². The van der Waals surface area contributed by atoms with Gasteiger partial charge in [0, 0.05) is 13.1 Å². The molecule has 0 aliphatic rings. The average molecular weight is 371 g/mol. The van der Waals surface area contributed by atoms with E-state index in [1.807, 2.05) is 31.2 Å². The van der Waals surface area contributed by atoms with E-state index < -0.39 is 0 Å². The maximum absolute atomic E-state index is 13.1.